The molecule has 150 valence electrons. The summed E-state index contributed by atoms with van der Waals surface area (Å²) < 4.78 is 39.9. The highest BCUT2D eigenvalue weighted by Gasteiger charge is 2.35. The van der Waals surface area contributed by atoms with Gasteiger partial charge in [-0.15, -0.1) is 0 Å². The van der Waals surface area contributed by atoms with E-state index in [2.05, 4.69) is 30.9 Å². The van der Waals surface area contributed by atoms with Crippen molar-refractivity contribution in [3.8, 4) is 0 Å². The number of rotatable bonds is 6. The van der Waals surface area contributed by atoms with Gasteiger partial charge in [-0.1, -0.05) is 0 Å². The highest BCUT2D eigenvalue weighted by molar-refractivity contribution is 5.90. The van der Waals surface area contributed by atoms with Crippen LogP contribution in [-0.4, -0.2) is 40.5 Å². The third kappa shape index (κ3) is 5.06. The zero-order valence-electron chi connectivity index (χ0n) is 14.9. The first kappa shape index (κ1) is 19.8. The van der Waals surface area contributed by atoms with Crippen LogP contribution in [0.4, 0.5) is 30.6 Å². The van der Waals surface area contributed by atoms with Gasteiger partial charge in [-0.05, 0) is 44.0 Å². The highest BCUT2D eigenvalue weighted by Crippen LogP contribution is 2.34. The molecule has 0 atom stereocenters. The molecule has 1 aliphatic rings. The lowest BCUT2D eigenvalue weighted by Crippen LogP contribution is -2.31. The summed E-state index contributed by atoms with van der Waals surface area (Å²) in [5.41, 5.74) is 4.68. The molecule has 2 aromatic rings. The SMILES string of the molecule is NC(=O)c1ccc(Nc2ncc(C(F)(F)F)c(NCC3CCNCC3)n2)cn1. The molecule has 1 fully saturated rings. The summed E-state index contributed by atoms with van der Waals surface area (Å²) in [5, 5.41) is 8.81. The van der Waals surface area contributed by atoms with E-state index in [9.17, 15) is 18.0 Å². The normalized spacial score (nSPS) is 15.2. The minimum Gasteiger partial charge on any atom is -0.369 e. The van der Waals surface area contributed by atoms with Crippen molar-refractivity contribution in [1.82, 2.24) is 20.3 Å². The van der Waals surface area contributed by atoms with Crippen molar-refractivity contribution in [1.29, 1.82) is 0 Å². The van der Waals surface area contributed by atoms with Crippen LogP contribution in [0.25, 0.3) is 0 Å². The molecule has 1 aliphatic heterocycles. The van der Waals surface area contributed by atoms with E-state index in [4.69, 9.17) is 5.73 Å². The number of carbonyl (C=O) groups is 1. The highest BCUT2D eigenvalue weighted by atomic mass is 19.4. The lowest BCUT2D eigenvalue weighted by atomic mass is 9.98. The maximum Gasteiger partial charge on any atom is 0.421 e. The van der Waals surface area contributed by atoms with Crippen LogP contribution in [0.1, 0.15) is 28.9 Å². The quantitative estimate of drug-likeness (QED) is 0.592. The van der Waals surface area contributed by atoms with E-state index < -0.39 is 17.6 Å². The fraction of sp³-hybridized carbons (Fsp3) is 0.412. The first-order valence-electron chi connectivity index (χ1n) is 8.74. The zero-order chi connectivity index (χ0) is 20.1. The minimum atomic E-state index is -4.57. The summed E-state index contributed by atoms with van der Waals surface area (Å²) in [6.07, 6.45) is -0.723. The summed E-state index contributed by atoms with van der Waals surface area (Å²) >= 11 is 0. The molecule has 1 saturated heterocycles. The van der Waals surface area contributed by atoms with Gasteiger partial charge in [-0.3, -0.25) is 4.79 Å². The first-order valence-corrected chi connectivity index (χ1v) is 8.74. The van der Waals surface area contributed by atoms with E-state index in [0.717, 1.165) is 32.1 Å². The molecule has 3 heterocycles. The van der Waals surface area contributed by atoms with Gasteiger partial charge in [-0.25, -0.2) is 9.97 Å². The lowest BCUT2D eigenvalue weighted by molar-refractivity contribution is -0.137. The second-order valence-corrected chi connectivity index (χ2v) is 6.45. The van der Waals surface area contributed by atoms with E-state index in [1.807, 2.05) is 0 Å². The maximum absolute atomic E-state index is 13.3. The van der Waals surface area contributed by atoms with Gasteiger partial charge in [0, 0.05) is 12.7 Å². The largest absolute Gasteiger partial charge is 0.421 e. The van der Waals surface area contributed by atoms with Crippen LogP contribution in [0, 0.1) is 5.92 Å². The maximum atomic E-state index is 13.3. The number of nitrogens with one attached hydrogen (secondary N) is 3. The number of pyridine rings is 1. The number of primary amides is 1. The Bertz CT molecular complexity index is 820. The van der Waals surface area contributed by atoms with Crippen molar-refractivity contribution in [3.63, 3.8) is 0 Å². The van der Waals surface area contributed by atoms with Gasteiger partial charge in [0.05, 0.1) is 11.9 Å². The molecule has 3 rings (SSSR count). The predicted molar refractivity (Wildman–Crippen MR) is 97.2 cm³/mol. The fourth-order valence-corrected chi connectivity index (χ4v) is 2.85. The van der Waals surface area contributed by atoms with E-state index in [0.29, 0.717) is 12.2 Å². The fourth-order valence-electron chi connectivity index (χ4n) is 2.85. The Morgan fingerprint density at radius 2 is 1.96 bits per heavy atom. The Kier molecular flexibility index (Phi) is 5.93. The number of nitrogens with zero attached hydrogens (tertiary/aromatic N) is 3. The van der Waals surface area contributed by atoms with E-state index in [-0.39, 0.29) is 23.4 Å². The zero-order valence-corrected chi connectivity index (χ0v) is 14.9. The monoisotopic (exact) mass is 395 g/mol. The number of piperidine rings is 1. The van der Waals surface area contributed by atoms with Crippen molar-refractivity contribution in [2.45, 2.75) is 19.0 Å². The van der Waals surface area contributed by atoms with Gasteiger partial charge in [0.25, 0.3) is 5.91 Å². The number of alkyl halides is 3. The average molecular weight is 395 g/mol. The third-order valence-corrected chi connectivity index (χ3v) is 4.38. The number of nitrogens with two attached hydrogens (primary N) is 1. The second kappa shape index (κ2) is 8.38. The van der Waals surface area contributed by atoms with E-state index >= 15 is 0 Å². The Balaban J connectivity index is 1.77. The van der Waals surface area contributed by atoms with Gasteiger partial charge in [-0.2, -0.15) is 18.2 Å². The van der Waals surface area contributed by atoms with E-state index in [1.54, 1.807) is 0 Å². The molecule has 11 heteroatoms. The van der Waals surface area contributed by atoms with Gasteiger partial charge in [0.1, 0.15) is 17.1 Å². The number of amides is 1. The minimum absolute atomic E-state index is 0.0190. The molecule has 1 amide bonds. The number of anilines is 3. The average Bonchev–Trinajstić information content (AvgIpc) is 2.67. The van der Waals surface area contributed by atoms with Crippen LogP contribution in [0.15, 0.2) is 24.5 Å². The van der Waals surface area contributed by atoms with Crippen molar-refractivity contribution in [2.24, 2.45) is 11.7 Å². The second-order valence-electron chi connectivity index (χ2n) is 6.45. The molecule has 8 nitrogen and oxygen atoms in total. The molecule has 0 aromatic carbocycles. The van der Waals surface area contributed by atoms with E-state index in [1.165, 1.54) is 18.3 Å². The van der Waals surface area contributed by atoms with Crippen LogP contribution >= 0.6 is 0 Å². The van der Waals surface area contributed by atoms with Gasteiger partial charge in [0.2, 0.25) is 5.95 Å². The number of aromatic nitrogens is 3. The number of halogens is 3. The Morgan fingerprint density at radius 3 is 2.57 bits per heavy atom. The molecule has 0 aliphatic carbocycles. The molecular weight excluding hydrogens is 375 g/mol. The Morgan fingerprint density at radius 1 is 1.21 bits per heavy atom. The van der Waals surface area contributed by atoms with Gasteiger partial charge >= 0.3 is 6.18 Å². The lowest BCUT2D eigenvalue weighted by Gasteiger charge is -2.23. The number of hydrogen-bond donors (Lipinski definition) is 4. The molecular formula is C17H20F3N7O. The van der Waals surface area contributed by atoms with Crippen LogP contribution < -0.4 is 21.7 Å². The molecule has 2 aromatic heterocycles. The Hall–Kier alpha value is -2.95. The first-order chi connectivity index (χ1) is 13.3. The van der Waals surface area contributed by atoms with Crippen molar-refractivity contribution in [3.05, 3.63) is 35.8 Å². The van der Waals surface area contributed by atoms with Crippen molar-refractivity contribution >= 4 is 23.4 Å². The molecule has 0 unspecified atom stereocenters. The molecule has 0 saturated carbocycles. The molecule has 0 radical (unpaired) electrons. The summed E-state index contributed by atoms with van der Waals surface area (Å²) in [4.78, 5) is 22.6. The molecule has 0 bridgehead atoms. The smallest absolute Gasteiger partial charge is 0.369 e. The van der Waals surface area contributed by atoms with Crippen molar-refractivity contribution < 1.29 is 18.0 Å². The standard InChI is InChI=1S/C17H20F3N7O/c18-17(19,20)12-9-25-16(26-11-1-2-13(14(21)28)23-8-11)27-15(12)24-7-10-3-5-22-6-4-10/h1-2,8-10,22H,3-7H2,(H2,21,28)(H2,24,25,26,27). The molecule has 0 spiro atoms. The summed E-state index contributed by atoms with van der Waals surface area (Å²) in [6, 6.07) is 2.90. The van der Waals surface area contributed by atoms with Crippen LogP contribution in [0.5, 0.6) is 0 Å². The van der Waals surface area contributed by atoms with Gasteiger partial charge in [0.15, 0.2) is 0 Å². The topological polar surface area (TPSA) is 118 Å². The van der Waals surface area contributed by atoms with Crippen molar-refractivity contribution in [2.75, 3.05) is 30.3 Å². The summed E-state index contributed by atoms with van der Waals surface area (Å²) in [6.45, 7) is 2.10. The molecule has 28 heavy (non-hydrogen) atoms. The molecule has 5 N–H and O–H groups in total. The van der Waals surface area contributed by atoms with Crippen LogP contribution in [0.3, 0.4) is 0 Å². The Labute approximate surface area is 159 Å². The summed E-state index contributed by atoms with van der Waals surface area (Å²) in [7, 11) is 0. The summed E-state index contributed by atoms with van der Waals surface area (Å²) in [5.74, 6) is -0.694. The van der Waals surface area contributed by atoms with Gasteiger partial charge < -0.3 is 21.7 Å². The van der Waals surface area contributed by atoms with Crippen LogP contribution in [-0.2, 0) is 6.18 Å². The van der Waals surface area contributed by atoms with Crippen LogP contribution in [0.2, 0.25) is 0 Å². The third-order valence-electron chi connectivity index (χ3n) is 4.38. The number of hydrogen-bond acceptors (Lipinski definition) is 7. The predicted octanol–water partition coefficient (Wildman–Crippen LogP) is 2.14. The number of carbonyl (C=O) groups excluding carboxylic acids is 1.